The molecule has 3 N–H and O–H groups in total. The van der Waals surface area contributed by atoms with Gasteiger partial charge in [0.1, 0.15) is 0 Å². The van der Waals surface area contributed by atoms with Crippen molar-refractivity contribution in [2.24, 2.45) is 5.92 Å². The minimum Gasteiger partial charge on any atom is -0.313 e. The lowest BCUT2D eigenvalue weighted by molar-refractivity contribution is 0.159. The molecule has 0 aromatic heterocycles. The number of hydrogen-bond acceptors (Lipinski definition) is 1. The Balaban J connectivity index is 2.33. The topological polar surface area (TPSA) is 69.6 Å². The predicted octanol–water partition coefficient (Wildman–Crippen LogP) is 3.86. The Morgan fingerprint density at radius 3 is 2.24 bits per heavy atom. The summed E-state index contributed by atoms with van der Waals surface area (Å²) in [5, 5.41) is 3.25. The third-order valence-electron chi connectivity index (χ3n) is 4.36. The first-order valence-corrected chi connectivity index (χ1v) is 9.31. The molecule has 0 radical (unpaired) electrons. The lowest BCUT2D eigenvalue weighted by Gasteiger charge is -2.49. The molecule has 0 bridgehead atoms. The van der Waals surface area contributed by atoms with Crippen molar-refractivity contribution in [2.45, 2.75) is 51.0 Å². The third-order valence-corrected chi connectivity index (χ3v) is 5.26. The second-order valence-electron chi connectivity index (χ2n) is 6.37. The molecule has 4 nitrogen and oxygen atoms in total. The average molecular weight is 332 g/mol. The van der Waals surface area contributed by atoms with Crippen LogP contribution in [0, 0.1) is 5.92 Å². The van der Waals surface area contributed by atoms with Crippen LogP contribution in [-0.2, 0) is 9.98 Å². The zero-order valence-corrected chi connectivity index (χ0v) is 14.1. The summed E-state index contributed by atoms with van der Waals surface area (Å²) in [5.74, 6) is 0.360. The monoisotopic (exact) mass is 331 g/mol. The molecule has 0 heterocycles. The van der Waals surface area contributed by atoms with Crippen LogP contribution < -0.4 is 5.09 Å². The zero-order valence-electron chi connectivity index (χ0n) is 12.4. The zero-order chi connectivity index (χ0) is 15.7. The SMILES string of the molecule is CC(C)CC(NP(=O)(O)O)C1(c2ccc(Cl)cc2)CCC1. The molecule has 21 heavy (non-hydrogen) atoms. The molecule has 1 aliphatic rings. The first kappa shape index (κ1) is 17.0. The van der Waals surface area contributed by atoms with Gasteiger partial charge in [-0.25, -0.2) is 9.65 Å². The van der Waals surface area contributed by atoms with E-state index in [1.807, 2.05) is 24.3 Å². The molecule has 1 fully saturated rings. The summed E-state index contributed by atoms with van der Waals surface area (Å²) in [6.45, 7) is 4.14. The van der Waals surface area contributed by atoms with Crippen LogP contribution in [0.1, 0.15) is 45.1 Å². The standard InChI is InChI=1S/C15H23ClNO3P/c1-11(2)10-14(17-21(18,19)20)15(8-3-9-15)12-4-6-13(16)7-5-12/h4-7,11,14H,3,8-10H2,1-2H3,(H3,17,18,19,20). The maximum atomic E-state index is 11.5. The summed E-state index contributed by atoms with van der Waals surface area (Å²) < 4.78 is 11.5. The summed E-state index contributed by atoms with van der Waals surface area (Å²) in [6.07, 6.45) is 3.70. The quantitative estimate of drug-likeness (QED) is 0.692. The molecule has 0 spiro atoms. The molecule has 2 rings (SSSR count). The van der Waals surface area contributed by atoms with Gasteiger partial charge in [-0.15, -0.1) is 0 Å². The predicted molar refractivity (Wildman–Crippen MR) is 85.4 cm³/mol. The van der Waals surface area contributed by atoms with Gasteiger partial charge >= 0.3 is 7.75 Å². The average Bonchev–Trinajstić information content (AvgIpc) is 2.27. The van der Waals surface area contributed by atoms with E-state index in [0.29, 0.717) is 10.9 Å². The second-order valence-corrected chi connectivity index (χ2v) is 8.15. The van der Waals surface area contributed by atoms with Crippen molar-refractivity contribution in [3.63, 3.8) is 0 Å². The molecule has 0 saturated heterocycles. The highest BCUT2D eigenvalue weighted by Gasteiger charge is 2.47. The Hall–Kier alpha value is -0.380. The van der Waals surface area contributed by atoms with Crippen LogP contribution in [0.25, 0.3) is 0 Å². The Bertz CT molecular complexity index is 522. The lowest BCUT2D eigenvalue weighted by atomic mass is 9.59. The Morgan fingerprint density at radius 1 is 1.29 bits per heavy atom. The maximum Gasteiger partial charge on any atom is 0.400 e. The van der Waals surface area contributed by atoms with E-state index in [0.717, 1.165) is 31.2 Å². The van der Waals surface area contributed by atoms with Gasteiger partial charge in [0.25, 0.3) is 0 Å². The fourth-order valence-corrected chi connectivity index (χ4v) is 4.14. The van der Waals surface area contributed by atoms with Gasteiger partial charge in [-0.2, -0.15) is 0 Å². The Morgan fingerprint density at radius 2 is 1.86 bits per heavy atom. The van der Waals surface area contributed by atoms with Crippen LogP contribution >= 0.6 is 19.3 Å². The van der Waals surface area contributed by atoms with E-state index in [9.17, 15) is 14.4 Å². The van der Waals surface area contributed by atoms with Crippen molar-refractivity contribution in [3.05, 3.63) is 34.9 Å². The van der Waals surface area contributed by atoms with E-state index >= 15 is 0 Å². The summed E-state index contributed by atoms with van der Waals surface area (Å²) in [4.78, 5) is 18.7. The maximum absolute atomic E-state index is 11.5. The first-order valence-electron chi connectivity index (χ1n) is 7.32. The molecule has 1 saturated carbocycles. The molecule has 0 aliphatic heterocycles. The fraction of sp³-hybridized carbons (Fsp3) is 0.600. The van der Waals surface area contributed by atoms with Crippen LogP contribution in [-0.4, -0.2) is 15.8 Å². The van der Waals surface area contributed by atoms with Crippen LogP contribution in [0.4, 0.5) is 0 Å². The van der Waals surface area contributed by atoms with Crippen molar-refractivity contribution in [1.29, 1.82) is 0 Å². The number of halogens is 1. The Kier molecular flexibility index (Phi) is 5.17. The van der Waals surface area contributed by atoms with Crippen molar-refractivity contribution in [1.82, 2.24) is 5.09 Å². The number of nitrogens with one attached hydrogen (secondary N) is 1. The largest absolute Gasteiger partial charge is 0.400 e. The Labute approximate surface area is 131 Å². The molecule has 1 aromatic rings. The summed E-state index contributed by atoms with van der Waals surface area (Å²) in [7, 11) is -4.26. The van der Waals surface area contributed by atoms with Crippen LogP contribution in [0.3, 0.4) is 0 Å². The highest BCUT2D eigenvalue weighted by atomic mass is 35.5. The fourth-order valence-electron chi connectivity index (χ4n) is 3.25. The second kappa shape index (κ2) is 6.39. The molecule has 1 aliphatic carbocycles. The third kappa shape index (κ3) is 4.08. The van der Waals surface area contributed by atoms with E-state index in [2.05, 4.69) is 18.9 Å². The van der Waals surface area contributed by atoms with Gasteiger partial charge in [0, 0.05) is 16.5 Å². The van der Waals surface area contributed by atoms with E-state index in [1.165, 1.54) is 0 Å². The molecule has 118 valence electrons. The highest BCUT2D eigenvalue weighted by Crippen LogP contribution is 2.50. The van der Waals surface area contributed by atoms with Crippen molar-refractivity contribution < 1.29 is 14.4 Å². The van der Waals surface area contributed by atoms with Gasteiger partial charge in [0.2, 0.25) is 0 Å². The summed E-state index contributed by atoms with van der Waals surface area (Å²) >= 11 is 5.95. The molecular formula is C15H23ClNO3P. The van der Waals surface area contributed by atoms with Gasteiger partial charge in [0.15, 0.2) is 0 Å². The van der Waals surface area contributed by atoms with Crippen molar-refractivity contribution in [3.8, 4) is 0 Å². The molecule has 1 unspecified atom stereocenters. The number of hydrogen-bond donors (Lipinski definition) is 3. The minimum atomic E-state index is -4.26. The van der Waals surface area contributed by atoms with Crippen molar-refractivity contribution in [2.75, 3.05) is 0 Å². The van der Waals surface area contributed by atoms with Crippen molar-refractivity contribution >= 4 is 19.3 Å². The summed E-state index contributed by atoms with van der Waals surface area (Å²) in [5.41, 5.74) is 0.917. The molecule has 1 atom stereocenters. The van der Waals surface area contributed by atoms with Gasteiger partial charge in [-0.1, -0.05) is 44.0 Å². The van der Waals surface area contributed by atoms with Crippen LogP contribution in [0.5, 0.6) is 0 Å². The molecule has 1 aromatic carbocycles. The highest BCUT2D eigenvalue weighted by molar-refractivity contribution is 7.49. The van der Waals surface area contributed by atoms with Gasteiger partial charge < -0.3 is 9.79 Å². The van der Waals surface area contributed by atoms with E-state index in [4.69, 9.17) is 11.6 Å². The van der Waals surface area contributed by atoms with Gasteiger partial charge in [-0.05, 0) is 42.9 Å². The smallest absolute Gasteiger partial charge is 0.313 e. The molecule has 6 heteroatoms. The van der Waals surface area contributed by atoms with Gasteiger partial charge in [-0.3, -0.25) is 0 Å². The number of benzene rings is 1. The van der Waals surface area contributed by atoms with E-state index in [1.54, 1.807) is 0 Å². The van der Waals surface area contributed by atoms with E-state index < -0.39 is 7.75 Å². The first-order chi connectivity index (χ1) is 9.73. The van der Waals surface area contributed by atoms with Crippen LogP contribution in [0.2, 0.25) is 5.02 Å². The normalized spacial score (nSPS) is 19.3. The van der Waals surface area contributed by atoms with Gasteiger partial charge in [0.05, 0.1) is 0 Å². The lowest BCUT2D eigenvalue weighted by Crippen LogP contribution is -2.52. The molecular weight excluding hydrogens is 309 g/mol. The summed E-state index contributed by atoms with van der Waals surface area (Å²) in [6, 6.07) is 7.43. The van der Waals surface area contributed by atoms with E-state index in [-0.39, 0.29) is 11.5 Å². The number of rotatable bonds is 6. The minimum absolute atomic E-state index is 0.198. The molecule has 0 amide bonds. The van der Waals surface area contributed by atoms with Crippen LogP contribution in [0.15, 0.2) is 24.3 Å².